The van der Waals surface area contributed by atoms with Gasteiger partial charge in [-0.15, -0.1) is 0 Å². The minimum atomic E-state index is 0.335. The summed E-state index contributed by atoms with van der Waals surface area (Å²) in [5.74, 6) is 0. The first-order valence-corrected chi connectivity index (χ1v) is 7.88. The van der Waals surface area contributed by atoms with Crippen LogP contribution in [0.15, 0.2) is 24.4 Å². The summed E-state index contributed by atoms with van der Waals surface area (Å²) in [7, 11) is 0. The fraction of sp³-hybridized carbons (Fsp3) is 0.643. The van der Waals surface area contributed by atoms with E-state index in [0.29, 0.717) is 4.75 Å². The highest BCUT2D eigenvalue weighted by molar-refractivity contribution is 8.00. The summed E-state index contributed by atoms with van der Waals surface area (Å²) in [6.07, 6.45) is 7.55. The van der Waals surface area contributed by atoms with Crippen LogP contribution in [0.4, 0.5) is 0 Å². The average Bonchev–Trinajstić information content (AvgIpc) is 2.47. The van der Waals surface area contributed by atoms with Crippen LogP contribution in [0.3, 0.4) is 0 Å². The summed E-state index contributed by atoms with van der Waals surface area (Å²) >= 11 is 1.95. The Morgan fingerprint density at radius 3 is 2.72 bits per heavy atom. The lowest BCUT2D eigenvalue weighted by atomic mass is 9.95. The topological polar surface area (TPSA) is 42.1 Å². The zero-order valence-electron chi connectivity index (χ0n) is 11.1. The van der Waals surface area contributed by atoms with Crippen molar-refractivity contribution in [2.45, 2.75) is 24.0 Å². The normalized spacial score (nSPS) is 19.9. The number of rotatable bonds is 5. The van der Waals surface area contributed by atoms with E-state index in [1.807, 2.05) is 24.0 Å². The minimum absolute atomic E-state index is 0.335. The van der Waals surface area contributed by atoms with E-state index in [-0.39, 0.29) is 0 Å². The van der Waals surface area contributed by atoms with Gasteiger partial charge in [0.05, 0.1) is 0 Å². The van der Waals surface area contributed by atoms with Crippen molar-refractivity contribution < 1.29 is 0 Å². The first-order chi connectivity index (χ1) is 8.78. The number of nitrogens with two attached hydrogens (primary N) is 1. The van der Waals surface area contributed by atoms with Crippen LogP contribution in [0.1, 0.15) is 18.5 Å². The standard InChI is InChI=1S/C14H23N3S/c1-18-14(12-15)6-10-17(11-7-14)9-5-13-4-2-3-8-16-13/h2-4,8H,5-7,9-12,15H2,1H3. The predicted octanol–water partition coefficient (Wildman–Crippen LogP) is 1.78. The Hall–Kier alpha value is -0.580. The third kappa shape index (κ3) is 3.46. The Balaban J connectivity index is 1.77. The number of likely N-dealkylation sites (tertiary alicyclic amines) is 1. The smallest absolute Gasteiger partial charge is 0.0416 e. The second kappa shape index (κ2) is 6.55. The maximum absolute atomic E-state index is 5.91. The fourth-order valence-electron chi connectivity index (χ4n) is 2.49. The van der Waals surface area contributed by atoms with Crippen LogP contribution in [0.5, 0.6) is 0 Å². The highest BCUT2D eigenvalue weighted by atomic mass is 32.2. The summed E-state index contributed by atoms with van der Waals surface area (Å²) in [5.41, 5.74) is 7.10. The summed E-state index contributed by atoms with van der Waals surface area (Å²) < 4.78 is 0.335. The number of nitrogens with zero attached hydrogens (tertiary/aromatic N) is 2. The van der Waals surface area contributed by atoms with Crippen LogP contribution in [0.2, 0.25) is 0 Å². The molecule has 100 valence electrons. The Morgan fingerprint density at radius 1 is 1.39 bits per heavy atom. The monoisotopic (exact) mass is 265 g/mol. The molecule has 2 heterocycles. The molecule has 0 spiro atoms. The molecule has 4 heteroatoms. The SMILES string of the molecule is CSC1(CN)CCN(CCc2ccccn2)CC1. The van der Waals surface area contributed by atoms with Crippen molar-refractivity contribution in [3.63, 3.8) is 0 Å². The van der Waals surface area contributed by atoms with Gasteiger partial charge in [0.15, 0.2) is 0 Å². The molecule has 2 N–H and O–H groups in total. The molecule has 0 bridgehead atoms. The molecular formula is C14H23N3S. The van der Waals surface area contributed by atoms with Gasteiger partial charge >= 0.3 is 0 Å². The van der Waals surface area contributed by atoms with Gasteiger partial charge in [-0.05, 0) is 44.3 Å². The third-order valence-corrected chi connectivity index (χ3v) is 5.42. The van der Waals surface area contributed by atoms with Crippen LogP contribution < -0.4 is 5.73 Å². The molecule has 0 saturated carbocycles. The first-order valence-electron chi connectivity index (χ1n) is 6.65. The highest BCUT2D eigenvalue weighted by Crippen LogP contribution is 2.33. The van der Waals surface area contributed by atoms with Crippen molar-refractivity contribution in [2.24, 2.45) is 5.73 Å². The Bertz CT molecular complexity index is 341. The van der Waals surface area contributed by atoms with Crippen molar-refractivity contribution in [2.75, 3.05) is 32.4 Å². The Kier molecular flexibility index (Phi) is 5.03. The minimum Gasteiger partial charge on any atom is -0.329 e. The molecule has 1 fully saturated rings. The lowest BCUT2D eigenvalue weighted by molar-refractivity contribution is 0.204. The first kappa shape index (κ1) is 13.8. The van der Waals surface area contributed by atoms with E-state index in [1.165, 1.54) is 31.6 Å². The van der Waals surface area contributed by atoms with Gasteiger partial charge in [0.2, 0.25) is 0 Å². The molecular weight excluding hydrogens is 242 g/mol. The molecule has 0 radical (unpaired) electrons. The van der Waals surface area contributed by atoms with Crippen molar-refractivity contribution in [3.8, 4) is 0 Å². The van der Waals surface area contributed by atoms with Gasteiger partial charge in [0.25, 0.3) is 0 Å². The lowest BCUT2D eigenvalue weighted by Gasteiger charge is -2.40. The second-order valence-electron chi connectivity index (χ2n) is 5.00. The highest BCUT2D eigenvalue weighted by Gasteiger charge is 2.32. The Labute approximate surface area is 114 Å². The molecule has 1 aliphatic rings. The van der Waals surface area contributed by atoms with Gasteiger partial charge < -0.3 is 10.6 Å². The molecule has 1 saturated heterocycles. The average molecular weight is 265 g/mol. The van der Waals surface area contributed by atoms with Crippen LogP contribution in [-0.2, 0) is 6.42 Å². The molecule has 1 aliphatic heterocycles. The summed E-state index contributed by atoms with van der Waals surface area (Å²) in [6, 6.07) is 6.14. The maximum Gasteiger partial charge on any atom is 0.0416 e. The van der Waals surface area contributed by atoms with Crippen LogP contribution in [-0.4, -0.2) is 47.1 Å². The third-order valence-electron chi connectivity index (χ3n) is 3.98. The molecule has 0 atom stereocenters. The number of hydrogen-bond acceptors (Lipinski definition) is 4. The van der Waals surface area contributed by atoms with E-state index in [9.17, 15) is 0 Å². The van der Waals surface area contributed by atoms with E-state index in [1.54, 1.807) is 0 Å². The Morgan fingerprint density at radius 2 is 2.17 bits per heavy atom. The molecule has 2 rings (SSSR count). The van der Waals surface area contributed by atoms with Gasteiger partial charge in [-0.1, -0.05) is 6.07 Å². The van der Waals surface area contributed by atoms with E-state index in [2.05, 4.69) is 28.3 Å². The zero-order chi connectivity index (χ0) is 12.8. The number of thioether (sulfide) groups is 1. The van der Waals surface area contributed by atoms with E-state index in [0.717, 1.165) is 19.5 Å². The molecule has 1 aromatic heterocycles. The number of pyridine rings is 1. The van der Waals surface area contributed by atoms with Crippen LogP contribution >= 0.6 is 11.8 Å². The van der Waals surface area contributed by atoms with Crippen molar-refractivity contribution in [1.29, 1.82) is 0 Å². The van der Waals surface area contributed by atoms with E-state index >= 15 is 0 Å². The van der Waals surface area contributed by atoms with Crippen molar-refractivity contribution in [1.82, 2.24) is 9.88 Å². The van der Waals surface area contributed by atoms with Gasteiger partial charge in [0.1, 0.15) is 0 Å². The molecule has 0 amide bonds. The van der Waals surface area contributed by atoms with E-state index < -0.39 is 0 Å². The van der Waals surface area contributed by atoms with Crippen molar-refractivity contribution in [3.05, 3.63) is 30.1 Å². The van der Waals surface area contributed by atoms with Gasteiger partial charge in [-0.25, -0.2) is 0 Å². The van der Waals surface area contributed by atoms with Gasteiger partial charge in [-0.2, -0.15) is 11.8 Å². The number of hydrogen-bond donors (Lipinski definition) is 1. The number of aromatic nitrogens is 1. The summed E-state index contributed by atoms with van der Waals surface area (Å²) in [6.45, 7) is 4.27. The predicted molar refractivity (Wildman–Crippen MR) is 78.9 cm³/mol. The molecule has 18 heavy (non-hydrogen) atoms. The number of piperidine rings is 1. The van der Waals surface area contributed by atoms with Gasteiger partial charge in [0, 0.05) is 36.1 Å². The molecule has 0 aliphatic carbocycles. The lowest BCUT2D eigenvalue weighted by Crippen LogP contribution is -2.46. The zero-order valence-corrected chi connectivity index (χ0v) is 12.0. The molecule has 3 nitrogen and oxygen atoms in total. The van der Waals surface area contributed by atoms with Crippen LogP contribution in [0.25, 0.3) is 0 Å². The quantitative estimate of drug-likeness (QED) is 0.881. The summed E-state index contributed by atoms with van der Waals surface area (Å²) in [5, 5.41) is 0. The molecule has 1 aromatic rings. The fourth-order valence-corrected chi connectivity index (χ4v) is 3.25. The van der Waals surface area contributed by atoms with Gasteiger partial charge in [-0.3, -0.25) is 4.98 Å². The maximum atomic E-state index is 5.91. The van der Waals surface area contributed by atoms with Crippen LogP contribution in [0, 0.1) is 0 Å². The summed E-state index contributed by atoms with van der Waals surface area (Å²) in [4.78, 5) is 6.91. The largest absolute Gasteiger partial charge is 0.329 e. The van der Waals surface area contributed by atoms with E-state index in [4.69, 9.17) is 5.73 Å². The molecule has 0 aromatic carbocycles. The second-order valence-corrected chi connectivity index (χ2v) is 6.28. The van der Waals surface area contributed by atoms with Crippen molar-refractivity contribution >= 4 is 11.8 Å². The molecule has 0 unspecified atom stereocenters.